The SMILES string of the molecule is CCS(=O)(=O)c1ccc(CNc2nc3cnc(-c4ccc(F)cc4C)nc3n(C(C)C)c2=O)nc1. The van der Waals surface area contributed by atoms with Crippen LogP contribution in [0.4, 0.5) is 10.2 Å². The van der Waals surface area contributed by atoms with Crippen molar-refractivity contribution in [2.75, 3.05) is 11.1 Å². The van der Waals surface area contributed by atoms with Crippen molar-refractivity contribution in [1.29, 1.82) is 0 Å². The molecule has 0 bridgehead atoms. The van der Waals surface area contributed by atoms with Gasteiger partial charge in [-0.25, -0.2) is 27.8 Å². The Hall–Kier alpha value is -3.73. The Morgan fingerprint density at radius 1 is 1.09 bits per heavy atom. The van der Waals surface area contributed by atoms with E-state index in [1.54, 1.807) is 26.0 Å². The molecule has 0 spiro atoms. The van der Waals surface area contributed by atoms with Crippen LogP contribution in [0.15, 0.2) is 52.4 Å². The van der Waals surface area contributed by atoms with Crippen LogP contribution in [0.3, 0.4) is 0 Å². The summed E-state index contributed by atoms with van der Waals surface area (Å²) in [5.74, 6) is 0.122. The topological polar surface area (TPSA) is 120 Å². The molecule has 4 aromatic rings. The standard InChI is InChI=1S/C24H25FN6O3S/c1-5-35(33,34)18-8-7-17(26-12-18)11-27-22-24(32)31(14(2)3)23-20(29-22)13-28-21(30-23)19-9-6-16(25)10-15(19)4/h6-10,12-14H,5,11H2,1-4H3,(H,27,29). The van der Waals surface area contributed by atoms with E-state index in [1.165, 1.54) is 35.2 Å². The normalized spacial score (nSPS) is 11.8. The van der Waals surface area contributed by atoms with Gasteiger partial charge in [0.2, 0.25) is 0 Å². The zero-order valence-electron chi connectivity index (χ0n) is 19.8. The van der Waals surface area contributed by atoms with Gasteiger partial charge in [-0.3, -0.25) is 14.3 Å². The fraction of sp³-hybridized carbons (Fsp3) is 0.292. The van der Waals surface area contributed by atoms with Crippen molar-refractivity contribution in [3.05, 3.63) is 70.2 Å². The van der Waals surface area contributed by atoms with Crippen LogP contribution in [0.1, 0.15) is 38.1 Å². The summed E-state index contributed by atoms with van der Waals surface area (Å²) in [7, 11) is -3.34. The number of sulfone groups is 1. The lowest BCUT2D eigenvalue weighted by atomic mass is 10.1. The van der Waals surface area contributed by atoms with Crippen LogP contribution < -0.4 is 10.9 Å². The highest BCUT2D eigenvalue weighted by atomic mass is 32.2. The van der Waals surface area contributed by atoms with Crippen molar-refractivity contribution >= 4 is 26.8 Å². The average Bonchev–Trinajstić information content (AvgIpc) is 2.82. The number of hydrogen-bond donors (Lipinski definition) is 1. The number of pyridine rings is 1. The van der Waals surface area contributed by atoms with Crippen LogP contribution in [0.25, 0.3) is 22.6 Å². The van der Waals surface area contributed by atoms with Crippen molar-refractivity contribution in [2.45, 2.75) is 45.2 Å². The molecule has 4 rings (SSSR count). The van der Waals surface area contributed by atoms with Crippen molar-refractivity contribution in [3.63, 3.8) is 0 Å². The summed E-state index contributed by atoms with van der Waals surface area (Å²) < 4.78 is 39.0. The number of aryl methyl sites for hydroxylation is 1. The third kappa shape index (κ3) is 4.90. The quantitative estimate of drug-likeness (QED) is 0.411. The molecule has 3 aromatic heterocycles. The van der Waals surface area contributed by atoms with E-state index in [1.807, 2.05) is 13.8 Å². The first-order chi connectivity index (χ1) is 16.6. The van der Waals surface area contributed by atoms with E-state index >= 15 is 0 Å². The van der Waals surface area contributed by atoms with E-state index in [9.17, 15) is 17.6 Å². The van der Waals surface area contributed by atoms with Gasteiger partial charge < -0.3 is 5.32 Å². The molecule has 1 aromatic carbocycles. The van der Waals surface area contributed by atoms with Crippen LogP contribution in [0.2, 0.25) is 0 Å². The molecule has 0 radical (unpaired) electrons. The maximum atomic E-state index is 13.5. The number of rotatable bonds is 7. The summed E-state index contributed by atoms with van der Waals surface area (Å²) in [6.07, 6.45) is 2.84. The first-order valence-electron chi connectivity index (χ1n) is 11.1. The maximum Gasteiger partial charge on any atom is 0.295 e. The molecular formula is C24H25FN6O3S. The molecule has 0 aliphatic carbocycles. The smallest absolute Gasteiger partial charge is 0.295 e. The van der Waals surface area contributed by atoms with Crippen LogP contribution in [-0.4, -0.2) is 38.7 Å². The van der Waals surface area contributed by atoms with E-state index in [-0.39, 0.29) is 40.4 Å². The molecule has 0 atom stereocenters. The van der Waals surface area contributed by atoms with Crippen LogP contribution in [0.5, 0.6) is 0 Å². The number of benzene rings is 1. The second kappa shape index (κ2) is 9.49. The van der Waals surface area contributed by atoms with Gasteiger partial charge in [-0.2, -0.15) is 0 Å². The second-order valence-corrected chi connectivity index (χ2v) is 10.6. The van der Waals surface area contributed by atoms with Gasteiger partial charge in [-0.15, -0.1) is 0 Å². The first-order valence-corrected chi connectivity index (χ1v) is 12.7. The predicted molar refractivity (Wildman–Crippen MR) is 131 cm³/mol. The fourth-order valence-corrected chi connectivity index (χ4v) is 4.47. The minimum Gasteiger partial charge on any atom is -0.360 e. The molecule has 0 aliphatic heterocycles. The molecule has 0 aliphatic rings. The fourth-order valence-electron chi connectivity index (χ4n) is 3.64. The van der Waals surface area contributed by atoms with Gasteiger partial charge in [0.1, 0.15) is 11.3 Å². The molecule has 0 saturated carbocycles. The largest absolute Gasteiger partial charge is 0.360 e. The number of anilines is 1. The zero-order chi connectivity index (χ0) is 25.3. The molecule has 35 heavy (non-hydrogen) atoms. The zero-order valence-corrected chi connectivity index (χ0v) is 20.6. The van der Waals surface area contributed by atoms with E-state index in [4.69, 9.17) is 0 Å². The number of nitrogens with one attached hydrogen (secondary N) is 1. The molecule has 0 saturated heterocycles. The van der Waals surface area contributed by atoms with E-state index in [2.05, 4.69) is 25.3 Å². The lowest BCUT2D eigenvalue weighted by molar-refractivity contribution is 0.593. The Morgan fingerprint density at radius 2 is 1.86 bits per heavy atom. The van der Waals surface area contributed by atoms with E-state index < -0.39 is 9.84 Å². The molecule has 3 heterocycles. The summed E-state index contributed by atoms with van der Waals surface area (Å²) in [4.78, 5) is 31.0. The molecule has 1 N–H and O–H groups in total. The number of fused-ring (bicyclic) bond motifs is 1. The van der Waals surface area contributed by atoms with Gasteiger partial charge in [0, 0.05) is 17.8 Å². The molecule has 9 nitrogen and oxygen atoms in total. The Labute approximate surface area is 202 Å². The highest BCUT2D eigenvalue weighted by Crippen LogP contribution is 2.23. The van der Waals surface area contributed by atoms with Crippen molar-refractivity contribution in [1.82, 2.24) is 24.5 Å². The van der Waals surface area contributed by atoms with Gasteiger partial charge in [-0.1, -0.05) is 6.92 Å². The molecular weight excluding hydrogens is 471 g/mol. The van der Waals surface area contributed by atoms with E-state index in [0.29, 0.717) is 33.8 Å². The Bertz CT molecular complexity index is 1570. The Balaban J connectivity index is 1.69. The minimum absolute atomic E-state index is 0.00740. The lowest BCUT2D eigenvalue weighted by Gasteiger charge is -2.16. The summed E-state index contributed by atoms with van der Waals surface area (Å²) in [6, 6.07) is 7.23. The van der Waals surface area contributed by atoms with Gasteiger partial charge in [-0.05, 0) is 56.7 Å². The lowest BCUT2D eigenvalue weighted by Crippen LogP contribution is -2.27. The van der Waals surface area contributed by atoms with Gasteiger partial charge >= 0.3 is 0 Å². The number of aromatic nitrogens is 5. The van der Waals surface area contributed by atoms with Crippen molar-refractivity contribution in [2.24, 2.45) is 0 Å². The first kappa shape index (κ1) is 24.4. The van der Waals surface area contributed by atoms with E-state index in [0.717, 1.165) is 0 Å². The average molecular weight is 497 g/mol. The molecule has 182 valence electrons. The summed E-state index contributed by atoms with van der Waals surface area (Å²) in [5, 5.41) is 3.00. The molecule has 0 fully saturated rings. The van der Waals surface area contributed by atoms with Gasteiger partial charge in [0.05, 0.1) is 29.1 Å². The summed E-state index contributed by atoms with van der Waals surface area (Å²) in [5.41, 5.74) is 2.32. The van der Waals surface area contributed by atoms with Crippen molar-refractivity contribution < 1.29 is 12.8 Å². The second-order valence-electron chi connectivity index (χ2n) is 8.33. The van der Waals surface area contributed by atoms with Crippen LogP contribution >= 0.6 is 0 Å². The summed E-state index contributed by atoms with van der Waals surface area (Å²) in [6.45, 7) is 7.24. The van der Waals surface area contributed by atoms with Crippen LogP contribution in [-0.2, 0) is 16.4 Å². The number of nitrogens with zero attached hydrogens (tertiary/aromatic N) is 5. The maximum absolute atomic E-state index is 13.5. The molecule has 11 heteroatoms. The summed E-state index contributed by atoms with van der Waals surface area (Å²) >= 11 is 0. The minimum atomic E-state index is -3.34. The van der Waals surface area contributed by atoms with Gasteiger partial charge in [0.25, 0.3) is 5.56 Å². The predicted octanol–water partition coefficient (Wildman–Crippen LogP) is 3.68. The molecule has 0 amide bonds. The highest BCUT2D eigenvalue weighted by Gasteiger charge is 2.17. The Kier molecular flexibility index (Phi) is 6.62. The Morgan fingerprint density at radius 3 is 2.49 bits per heavy atom. The highest BCUT2D eigenvalue weighted by molar-refractivity contribution is 7.91. The monoisotopic (exact) mass is 496 g/mol. The third-order valence-corrected chi connectivity index (χ3v) is 7.27. The van der Waals surface area contributed by atoms with Crippen molar-refractivity contribution in [3.8, 4) is 11.4 Å². The number of halogens is 1. The molecule has 0 unspecified atom stereocenters. The van der Waals surface area contributed by atoms with Gasteiger partial charge in [0.15, 0.2) is 27.1 Å². The van der Waals surface area contributed by atoms with Crippen LogP contribution in [0, 0.1) is 12.7 Å². The number of hydrogen-bond acceptors (Lipinski definition) is 8. The third-order valence-electron chi connectivity index (χ3n) is 5.55.